The molecular formula is C15H21N3O3. The van der Waals surface area contributed by atoms with Gasteiger partial charge in [-0.15, -0.1) is 0 Å². The Morgan fingerprint density at radius 2 is 2.10 bits per heavy atom. The Morgan fingerprint density at radius 1 is 1.38 bits per heavy atom. The summed E-state index contributed by atoms with van der Waals surface area (Å²) in [5.41, 5.74) is 6.11. The summed E-state index contributed by atoms with van der Waals surface area (Å²) >= 11 is 0. The Morgan fingerprint density at radius 3 is 2.71 bits per heavy atom. The molecule has 1 aromatic rings. The smallest absolute Gasteiger partial charge is 0.318 e. The van der Waals surface area contributed by atoms with Crippen LogP contribution >= 0.6 is 0 Å². The zero-order chi connectivity index (χ0) is 15.2. The van der Waals surface area contributed by atoms with Crippen LogP contribution in [0.5, 0.6) is 5.75 Å². The molecular weight excluding hydrogens is 270 g/mol. The molecule has 1 atom stereocenters. The summed E-state index contributed by atoms with van der Waals surface area (Å²) in [6, 6.07) is 7.33. The first-order valence-corrected chi connectivity index (χ1v) is 7.16. The molecule has 2 rings (SSSR count). The van der Waals surface area contributed by atoms with Crippen LogP contribution in [0, 0.1) is 0 Å². The first-order valence-electron chi connectivity index (χ1n) is 7.16. The quantitative estimate of drug-likeness (QED) is 0.859. The molecule has 3 amide bonds. The van der Waals surface area contributed by atoms with Crippen LogP contribution in [0.4, 0.5) is 4.79 Å². The van der Waals surface area contributed by atoms with Gasteiger partial charge in [-0.1, -0.05) is 12.1 Å². The van der Waals surface area contributed by atoms with Gasteiger partial charge in [-0.25, -0.2) is 4.79 Å². The summed E-state index contributed by atoms with van der Waals surface area (Å²) in [5.74, 6) is 0.484. The number of likely N-dealkylation sites (tertiary alicyclic amines) is 1. The van der Waals surface area contributed by atoms with E-state index in [1.807, 2.05) is 31.2 Å². The number of hydrogen-bond donors (Lipinski definition) is 2. The lowest BCUT2D eigenvalue weighted by atomic mass is 10.0. The van der Waals surface area contributed by atoms with Gasteiger partial charge >= 0.3 is 6.03 Å². The number of nitrogens with zero attached hydrogens (tertiary/aromatic N) is 1. The summed E-state index contributed by atoms with van der Waals surface area (Å²) in [7, 11) is 0. The molecule has 21 heavy (non-hydrogen) atoms. The van der Waals surface area contributed by atoms with Crippen molar-refractivity contribution >= 4 is 11.9 Å². The Bertz CT molecular complexity index is 501. The fraction of sp³-hybridized carbons (Fsp3) is 0.467. The third-order valence-corrected chi connectivity index (χ3v) is 3.55. The molecule has 0 aliphatic carbocycles. The molecule has 1 aromatic carbocycles. The van der Waals surface area contributed by atoms with E-state index >= 15 is 0 Å². The monoisotopic (exact) mass is 291 g/mol. The van der Waals surface area contributed by atoms with Crippen molar-refractivity contribution < 1.29 is 14.3 Å². The number of urea groups is 1. The largest absolute Gasteiger partial charge is 0.494 e. The third-order valence-electron chi connectivity index (χ3n) is 3.55. The van der Waals surface area contributed by atoms with Crippen molar-refractivity contribution in [1.29, 1.82) is 0 Å². The van der Waals surface area contributed by atoms with Gasteiger partial charge in [0.2, 0.25) is 5.91 Å². The van der Waals surface area contributed by atoms with Gasteiger partial charge < -0.3 is 10.5 Å². The fourth-order valence-electron chi connectivity index (χ4n) is 2.71. The van der Waals surface area contributed by atoms with Gasteiger partial charge in [-0.2, -0.15) is 0 Å². The number of imide groups is 1. The van der Waals surface area contributed by atoms with Crippen molar-refractivity contribution in [3.8, 4) is 5.75 Å². The highest BCUT2D eigenvalue weighted by Crippen LogP contribution is 2.32. The van der Waals surface area contributed by atoms with Crippen molar-refractivity contribution in [3.63, 3.8) is 0 Å². The highest BCUT2D eigenvalue weighted by atomic mass is 16.5. The van der Waals surface area contributed by atoms with E-state index in [9.17, 15) is 9.59 Å². The molecule has 0 unspecified atom stereocenters. The second-order valence-electron chi connectivity index (χ2n) is 5.04. The zero-order valence-corrected chi connectivity index (χ0v) is 12.2. The lowest BCUT2D eigenvalue weighted by Gasteiger charge is -2.24. The van der Waals surface area contributed by atoms with E-state index in [4.69, 9.17) is 10.5 Å². The minimum absolute atomic E-state index is 0.181. The normalized spacial score (nSPS) is 18.4. The fourth-order valence-corrected chi connectivity index (χ4v) is 2.71. The van der Waals surface area contributed by atoms with E-state index in [1.54, 1.807) is 0 Å². The summed E-state index contributed by atoms with van der Waals surface area (Å²) in [5, 5.41) is 2.11. The van der Waals surface area contributed by atoms with Gasteiger partial charge in [0.15, 0.2) is 0 Å². The van der Waals surface area contributed by atoms with Crippen molar-refractivity contribution in [3.05, 3.63) is 29.8 Å². The van der Waals surface area contributed by atoms with Gasteiger partial charge in [0, 0.05) is 6.04 Å². The SMILES string of the molecule is CCOc1ccc([C@H]2CCCN2CC(=O)NC(N)=O)cc1. The second-order valence-corrected chi connectivity index (χ2v) is 5.04. The van der Waals surface area contributed by atoms with Crippen LogP contribution in [-0.2, 0) is 4.79 Å². The van der Waals surface area contributed by atoms with E-state index in [1.165, 1.54) is 0 Å². The van der Waals surface area contributed by atoms with E-state index in [-0.39, 0.29) is 18.5 Å². The van der Waals surface area contributed by atoms with Crippen LogP contribution in [0.15, 0.2) is 24.3 Å². The number of rotatable bonds is 5. The van der Waals surface area contributed by atoms with Crippen LogP contribution in [0.3, 0.4) is 0 Å². The standard InChI is InChI=1S/C15H21N3O3/c1-2-21-12-7-5-11(6-8-12)13-4-3-9-18(13)10-14(19)17-15(16)20/h5-8,13H,2-4,9-10H2,1H3,(H3,16,17,19,20)/t13-/m1/s1. The lowest BCUT2D eigenvalue weighted by molar-refractivity contribution is -0.121. The van der Waals surface area contributed by atoms with E-state index in [2.05, 4.69) is 10.2 Å². The first-order chi connectivity index (χ1) is 10.1. The highest BCUT2D eigenvalue weighted by molar-refractivity contribution is 5.94. The molecule has 1 fully saturated rings. The van der Waals surface area contributed by atoms with Crippen LogP contribution in [0.2, 0.25) is 0 Å². The van der Waals surface area contributed by atoms with Gasteiger partial charge in [-0.05, 0) is 44.0 Å². The Labute approximate surface area is 124 Å². The zero-order valence-electron chi connectivity index (χ0n) is 12.2. The molecule has 1 aliphatic rings. The summed E-state index contributed by atoms with van der Waals surface area (Å²) in [4.78, 5) is 24.4. The lowest BCUT2D eigenvalue weighted by Crippen LogP contribution is -2.42. The predicted molar refractivity (Wildman–Crippen MR) is 78.9 cm³/mol. The van der Waals surface area contributed by atoms with E-state index < -0.39 is 6.03 Å². The molecule has 114 valence electrons. The minimum atomic E-state index is -0.809. The van der Waals surface area contributed by atoms with Crippen molar-refractivity contribution in [1.82, 2.24) is 10.2 Å². The van der Waals surface area contributed by atoms with Crippen LogP contribution in [0.1, 0.15) is 31.4 Å². The maximum atomic E-state index is 11.7. The van der Waals surface area contributed by atoms with Crippen LogP contribution in [0.25, 0.3) is 0 Å². The Kier molecular flexibility index (Phi) is 5.16. The first kappa shape index (κ1) is 15.3. The molecule has 0 saturated carbocycles. The number of ether oxygens (including phenoxy) is 1. The van der Waals surface area contributed by atoms with Crippen molar-refractivity contribution in [2.45, 2.75) is 25.8 Å². The molecule has 1 heterocycles. The molecule has 0 aromatic heterocycles. The van der Waals surface area contributed by atoms with Gasteiger partial charge in [-0.3, -0.25) is 15.0 Å². The average Bonchev–Trinajstić information content (AvgIpc) is 2.87. The van der Waals surface area contributed by atoms with E-state index in [0.29, 0.717) is 6.61 Å². The number of hydrogen-bond acceptors (Lipinski definition) is 4. The molecule has 0 radical (unpaired) electrons. The van der Waals surface area contributed by atoms with Crippen molar-refractivity contribution in [2.75, 3.05) is 19.7 Å². The van der Waals surface area contributed by atoms with Crippen LogP contribution < -0.4 is 15.8 Å². The average molecular weight is 291 g/mol. The summed E-state index contributed by atoms with van der Waals surface area (Å²) < 4.78 is 5.43. The van der Waals surface area contributed by atoms with Crippen molar-refractivity contribution in [2.24, 2.45) is 5.73 Å². The molecule has 0 bridgehead atoms. The number of amides is 3. The molecule has 1 aliphatic heterocycles. The molecule has 6 nitrogen and oxygen atoms in total. The Hall–Kier alpha value is -2.08. The van der Waals surface area contributed by atoms with Gasteiger partial charge in [0.25, 0.3) is 0 Å². The molecule has 6 heteroatoms. The summed E-state index contributed by atoms with van der Waals surface area (Å²) in [6.07, 6.45) is 2.03. The molecule has 3 N–H and O–H groups in total. The van der Waals surface area contributed by atoms with Gasteiger partial charge in [0.05, 0.1) is 13.2 Å². The maximum absolute atomic E-state index is 11.7. The number of carbonyl (C=O) groups is 2. The number of carbonyl (C=O) groups excluding carboxylic acids is 2. The van der Waals surface area contributed by atoms with E-state index in [0.717, 1.165) is 30.7 Å². The maximum Gasteiger partial charge on any atom is 0.318 e. The highest BCUT2D eigenvalue weighted by Gasteiger charge is 2.27. The van der Waals surface area contributed by atoms with Crippen LogP contribution in [-0.4, -0.2) is 36.5 Å². The third kappa shape index (κ3) is 4.19. The summed E-state index contributed by atoms with van der Waals surface area (Å²) in [6.45, 7) is 3.61. The predicted octanol–water partition coefficient (Wildman–Crippen LogP) is 1.42. The topological polar surface area (TPSA) is 84.7 Å². The number of nitrogens with two attached hydrogens (primary N) is 1. The minimum Gasteiger partial charge on any atom is -0.494 e. The second kappa shape index (κ2) is 7.08. The molecule has 0 spiro atoms. The number of primary amides is 1. The number of benzene rings is 1. The number of nitrogens with one attached hydrogen (secondary N) is 1. The Balaban J connectivity index is 2.00. The van der Waals surface area contributed by atoms with Gasteiger partial charge in [0.1, 0.15) is 5.75 Å². The molecule has 1 saturated heterocycles.